The maximum Gasteiger partial charge on any atom is 0.242 e. The summed E-state index contributed by atoms with van der Waals surface area (Å²) >= 11 is 0. The molecule has 6 heteroatoms. The minimum atomic E-state index is 0.191. The second kappa shape index (κ2) is 9.84. The lowest BCUT2D eigenvalue weighted by molar-refractivity contribution is -0.133. The minimum Gasteiger partial charge on any atom is -0.375 e. The maximum absolute atomic E-state index is 12.9. The molecule has 0 saturated carbocycles. The number of benzene rings is 2. The van der Waals surface area contributed by atoms with E-state index in [0.29, 0.717) is 25.2 Å². The summed E-state index contributed by atoms with van der Waals surface area (Å²) in [7, 11) is 0. The molecule has 2 aliphatic heterocycles. The molecule has 5 rings (SSSR count). The highest BCUT2D eigenvalue weighted by Gasteiger charge is 2.33. The zero-order valence-corrected chi connectivity index (χ0v) is 18.6. The molecule has 2 fully saturated rings. The molecule has 1 amide bonds. The van der Waals surface area contributed by atoms with Crippen molar-refractivity contribution < 1.29 is 9.53 Å². The molecule has 0 unspecified atom stereocenters. The van der Waals surface area contributed by atoms with Crippen molar-refractivity contribution in [2.45, 2.75) is 50.9 Å². The number of rotatable bonds is 7. The Morgan fingerprint density at radius 2 is 1.75 bits per heavy atom. The Hall–Kier alpha value is -2.70. The van der Waals surface area contributed by atoms with E-state index >= 15 is 0 Å². The van der Waals surface area contributed by atoms with Gasteiger partial charge in [-0.3, -0.25) is 9.69 Å². The van der Waals surface area contributed by atoms with Gasteiger partial charge in [-0.2, -0.15) is 0 Å². The largest absolute Gasteiger partial charge is 0.375 e. The summed E-state index contributed by atoms with van der Waals surface area (Å²) in [6, 6.07) is 19.4. The van der Waals surface area contributed by atoms with E-state index in [1.807, 2.05) is 39.8 Å². The number of aromatic nitrogens is 2. The Labute approximate surface area is 189 Å². The Balaban J connectivity index is 1.11. The van der Waals surface area contributed by atoms with Crippen LogP contribution in [0.4, 0.5) is 0 Å². The molecule has 6 nitrogen and oxygen atoms in total. The standard InChI is InChI=1S/C26H32N4O2/c31-26(17-29-20-27-24-10-4-5-11-25(24)29)28-15-12-22(13-16-28)30-14-6-9-23(30)19-32-18-21-7-2-1-3-8-21/h1-5,7-8,10-11,20,22-23H,6,9,12-19H2/t23-/m0/s1. The summed E-state index contributed by atoms with van der Waals surface area (Å²) in [5.41, 5.74) is 3.19. The first-order valence-corrected chi connectivity index (χ1v) is 11.8. The van der Waals surface area contributed by atoms with Gasteiger partial charge < -0.3 is 14.2 Å². The molecule has 0 bridgehead atoms. The van der Waals surface area contributed by atoms with Gasteiger partial charge >= 0.3 is 0 Å². The monoisotopic (exact) mass is 432 g/mol. The second-order valence-electron chi connectivity index (χ2n) is 9.01. The fraction of sp³-hybridized carbons (Fsp3) is 0.462. The number of fused-ring (bicyclic) bond motifs is 1. The van der Waals surface area contributed by atoms with Gasteiger partial charge in [-0.1, -0.05) is 42.5 Å². The molecule has 1 aromatic heterocycles. The molecule has 0 spiro atoms. The van der Waals surface area contributed by atoms with Crippen LogP contribution < -0.4 is 0 Å². The van der Waals surface area contributed by atoms with E-state index in [9.17, 15) is 4.79 Å². The smallest absolute Gasteiger partial charge is 0.242 e. The number of hydrogen-bond donors (Lipinski definition) is 0. The van der Waals surface area contributed by atoms with Crippen molar-refractivity contribution in [3.05, 3.63) is 66.5 Å². The lowest BCUT2D eigenvalue weighted by Crippen LogP contribution is -2.49. The van der Waals surface area contributed by atoms with E-state index < -0.39 is 0 Å². The number of piperidine rings is 1. The third-order valence-corrected chi connectivity index (χ3v) is 6.96. The van der Waals surface area contributed by atoms with Crippen LogP contribution in [-0.2, 0) is 22.7 Å². The predicted octanol–water partition coefficient (Wildman–Crippen LogP) is 3.71. The molecule has 168 valence electrons. The number of likely N-dealkylation sites (tertiary alicyclic amines) is 2. The van der Waals surface area contributed by atoms with E-state index in [0.717, 1.165) is 50.1 Å². The molecular weight excluding hydrogens is 400 g/mol. The quantitative estimate of drug-likeness (QED) is 0.571. The lowest BCUT2D eigenvalue weighted by Gasteiger charge is -2.39. The number of para-hydroxylation sites is 2. The first-order chi connectivity index (χ1) is 15.8. The van der Waals surface area contributed by atoms with Gasteiger partial charge in [-0.15, -0.1) is 0 Å². The van der Waals surface area contributed by atoms with Crippen molar-refractivity contribution in [1.82, 2.24) is 19.4 Å². The lowest BCUT2D eigenvalue weighted by atomic mass is 10.0. The number of ether oxygens (including phenoxy) is 1. The van der Waals surface area contributed by atoms with Crippen molar-refractivity contribution in [3.8, 4) is 0 Å². The van der Waals surface area contributed by atoms with Crippen LogP contribution in [0.25, 0.3) is 11.0 Å². The van der Waals surface area contributed by atoms with Crippen molar-refractivity contribution in [2.75, 3.05) is 26.2 Å². The van der Waals surface area contributed by atoms with Crippen LogP contribution in [0.5, 0.6) is 0 Å². The van der Waals surface area contributed by atoms with Crippen LogP contribution in [0.2, 0.25) is 0 Å². The zero-order chi connectivity index (χ0) is 21.8. The number of carbonyl (C=O) groups is 1. The molecule has 2 aromatic carbocycles. The normalized spacial score (nSPS) is 20.2. The number of amides is 1. The Morgan fingerprint density at radius 1 is 0.969 bits per heavy atom. The van der Waals surface area contributed by atoms with Crippen LogP contribution in [-0.4, -0.2) is 63.6 Å². The van der Waals surface area contributed by atoms with E-state index in [1.54, 1.807) is 6.33 Å². The van der Waals surface area contributed by atoms with Gasteiger partial charge in [0, 0.05) is 25.2 Å². The SMILES string of the molecule is O=C(Cn1cnc2ccccc21)N1CCC(N2CCC[C@H]2COCc2ccccc2)CC1. The molecule has 0 aliphatic carbocycles. The van der Waals surface area contributed by atoms with Crippen molar-refractivity contribution in [3.63, 3.8) is 0 Å². The van der Waals surface area contributed by atoms with Gasteiger partial charge in [-0.25, -0.2) is 4.98 Å². The predicted molar refractivity (Wildman–Crippen MR) is 125 cm³/mol. The van der Waals surface area contributed by atoms with Crippen LogP contribution in [0.15, 0.2) is 60.9 Å². The summed E-state index contributed by atoms with van der Waals surface area (Å²) in [6.45, 7) is 4.67. The van der Waals surface area contributed by atoms with Crippen LogP contribution in [0.1, 0.15) is 31.2 Å². The molecule has 1 atom stereocenters. The molecule has 0 radical (unpaired) electrons. The summed E-state index contributed by atoms with van der Waals surface area (Å²) in [5, 5.41) is 0. The van der Waals surface area contributed by atoms with Gasteiger partial charge in [-0.05, 0) is 49.9 Å². The highest BCUT2D eigenvalue weighted by Crippen LogP contribution is 2.27. The average molecular weight is 433 g/mol. The van der Waals surface area contributed by atoms with Gasteiger partial charge in [0.1, 0.15) is 6.54 Å². The molecule has 2 aliphatic rings. The topological polar surface area (TPSA) is 50.6 Å². The molecular formula is C26H32N4O2. The van der Waals surface area contributed by atoms with E-state index in [4.69, 9.17) is 4.74 Å². The number of imidazole rings is 1. The summed E-state index contributed by atoms with van der Waals surface area (Å²) in [6.07, 6.45) is 6.32. The Kier molecular flexibility index (Phi) is 6.51. The molecule has 32 heavy (non-hydrogen) atoms. The highest BCUT2D eigenvalue weighted by molar-refractivity contribution is 5.80. The van der Waals surface area contributed by atoms with Crippen molar-refractivity contribution in [1.29, 1.82) is 0 Å². The average Bonchev–Trinajstić information content (AvgIpc) is 3.47. The zero-order valence-electron chi connectivity index (χ0n) is 18.6. The fourth-order valence-electron chi connectivity index (χ4n) is 5.23. The van der Waals surface area contributed by atoms with E-state index in [-0.39, 0.29) is 5.91 Å². The van der Waals surface area contributed by atoms with Crippen LogP contribution in [0.3, 0.4) is 0 Å². The first-order valence-electron chi connectivity index (χ1n) is 11.8. The maximum atomic E-state index is 12.9. The summed E-state index contributed by atoms with van der Waals surface area (Å²) < 4.78 is 8.03. The van der Waals surface area contributed by atoms with Gasteiger partial charge in [0.05, 0.1) is 30.6 Å². The van der Waals surface area contributed by atoms with Gasteiger partial charge in [0.25, 0.3) is 0 Å². The summed E-state index contributed by atoms with van der Waals surface area (Å²) in [4.78, 5) is 22.0. The van der Waals surface area contributed by atoms with Crippen molar-refractivity contribution >= 4 is 16.9 Å². The van der Waals surface area contributed by atoms with Crippen LogP contribution in [0, 0.1) is 0 Å². The van der Waals surface area contributed by atoms with Gasteiger partial charge in [0.15, 0.2) is 0 Å². The molecule has 3 aromatic rings. The second-order valence-corrected chi connectivity index (χ2v) is 9.01. The number of nitrogens with zero attached hydrogens (tertiary/aromatic N) is 4. The van der Waals surface area contributed by atoms with Crippen LogP contribution >= 0.6 is 0 Å². The third-order valence-electron chi connectivity index (χ3n) is 6.96. The van der Waals surface area contributed by atoms with Crippen molar-refractivity contribution in [2.24, 2.45) is 0 Å². The Bertz CT molecular complexity index is 1030. The summed E-state index contributed by atoms with van der Waals surface area (Å²) in [5.74, 6) is 0.191. The fourth-order valence-corrected chi connectivity index (χ4v) is 5.23. The number of hydrogen-bond acceptors (Lipinski definition) is 4. The number of carbonyl (C=O) groups excluding carboxylic acids is 1. The van der Waals surface area contributed by atoms with Gasteiger partial charge in [0.2, 0.25) is 5.91 Å². The first kappa shape index (κ1) is 21.2. The van der Waals surface area contributed by atoms with E-state index in [1.165, 1.54) is 18.4 Å². The molecule has 2 saturated heterocycles. The Morgan fingerprint density at radius 3 is 2.59 bits per heavy atom. The third kappa shape index (κ3) is 4.71. The molecule has 3 heterocycles. The minimum absolute atomic E-state index is 0.191. The highest BCUT2D eigenvalue weighted by atomic mass is 16.5. The van der Waals surface area contributed by atoms with E-state index in [2.05, 4.69) is 34.1 Å². The molecule has 0 N–H and O–H groups in total.